The number of phenols is 1. The highest BCUT2D eigenvalue weighted by molar-refractivity contribution is 5.97. The van der Waals surface area contributed by atoms with Crippen LogP contribution in [-0.2, 0) is 23.1 Å². The zero-order chi connectivity index (χ0) is 26.7. The highest BCUT2D eigenvalue weighted by Gasteiger charge is 2.61. The molecule has 9 heteroatoms. The number of nitrogens with zero attached hydrogens (tertiary/aromatic N) is 1. The van der Waals surface area contributed by atoms with Crippen LogP contribution in [0.1, 0.15) is 65.9 Å². The Labute approximate surface area is 216 Å². The van der Waals surface area contributed by atoms with Crippen molar-refractivity contribution >= 4 is 11.8 Å². The number of aliphatic hydroxyl groups is 1. The minimum atomic E-state index is -1.21. The number of amides is 2. The van der Waals surface area contributed by atoms with Crippen LogP contribution in [0.2, 0.25) is 0 Å². The molecule has 1 aromatic heterocycles. The topological polar surface area (TPSA) is 149 Å². The van der Waals surface area contributed by atoms with E-state index in [1.807, 2.05) is 13.0 Å². The number of H-pyrrole nitrogens is 1. The number of carbonyl (C=O) groups is 2. The number of aromatic nitrogens is 1. The third kappa shape index (κ3) is 4.24. The molecule has 4 unspecified atom stereocenters. The molecule has 2 amide bonds. The first-order chi connectivity index (χ1) is 17.4. The number of nitrogens with two attached hydrogens (primary N) is 1. The monoisotopic (exact) mass is 508 g/mol. The standard InChI is InChI=1S/C28H36N4O5/c1-15-4-7-20(33)11-22(15)27-8-9-32(14-18-5-6-18)17(3)28(27,37)12-19-10-21(26(36)31-23(19)13-27)25(35)30-16(2)24(29)34/h4,7,10-11,16-18,33,37H,5-6,8-9,12-14H2,1-3H3,(H2,29,34)(H,30,35)(H,31,36). The molecule has 6 N–H and O–H groups in total. The number of nitrogens with one attached hydrogen (secondary N) is 2. The fourth-order valence-electron chi connectivity index (χ4n) is 6.51. The van der Waals surface area contributed by atoms with Gasteiger partial charge in [0.1, 0.15) is 17.4 Å². The number of pyridine rings is 1. The molecule has 1 aromatic carbocycles. The number of aryl methyl sites for hydroxylation is 1. The molecule has 4 atom stereocenters. The van der Waals surface area contributed by atoms with Crippen molar-refractivity contribution in [3.8, 4) is 5.75 Å². The number of likely N-dealkylation sites (tertiary alicyclic amines) is 1. The van der Waals surface area contributed by atoms with Gasteiger partial charge in [-0.1, -0.05) is 6.07 Å². The second kappa shape index (κ2) is 8.99. The number of hydrogen-bond acceptors (Lipinski definition) is 6. The maximum absolute atomic E-state index is 13.0. The Balaban J connectivity index is 1.61. The molecule has 5 rings (SSSR count). The number of carbonyl (C=O) groups excluding carboxylic acids is 2. The molecule has 2 aromatic rings. The van der Waals surface area contributed by atoms with Crippen molar-refractivity contribution in [3.63, 3.8) is 0 Å². The van der Waals surface area contributed by atoms with Crippen molar-refractivity contribution in [1.82, 2.24) is 15.2 Å². The van der Waals surface area contributed by atoms with Crippen LogP contribution in [-0.4, -0.2) is 62.7 Å². The number of hydrogen-bond donors (Lipinski definition) is 5. The molecule has 198 valence electrons. The van der Waals surface area contributed by atoms with Gasteiger partial charge in [-0.25, -0.2) is 0 Å². The van der Waals surface area contributed by atoms with Gasteiger partial charge in [0.25, 0.3) is 11.5 Å². The Bertz CT molecular complexity index is 1320. The van der Waals surface area contributed by atoms with E-state index in [1.54, 1.807) is 18.2 Å². The van der Waals surface area contributed by atoms with E-state index in [0.29, 0.717) is 30.0 Å². The maximum Gasteiger partial charge on any atom is 0.261 e. The first kappa shape index (κ1) is 25.5. The first-order valence-corrected chi connectivity index (χ1v) is 13.1. The highest BCUT2D eigenvalue weighted by atomic mass is 16.3. The first-order valence-electron chi connectivity index (χ1n) is 13.1. The number of phenolic OH excluding ortho intramolecular Hbond substituents is 1. The lowest BCUT2D eigenvalue weighted by atomic mass is 9.53. The molecule has 2 heterocycles. The van der Waals surface area contributed by atoms with Crippen molar-refractivity contribution in [3.05, 3.63) is 62.6 Å². The fourth-order valence-corrected chi connectivity index (χ4v) is 6.51. The molecule has 2 fully saturated rings. The quantitative estimate of drug-likeness (QED) is 0.397. The third-order valence-electron chi connectivity index (χ3n) is 8.99. The van der Waals surface area contributed by atoms with E-state index < -0.39 is 34.4 Å². The summed E-state index contributed by atoms with van der Waals surface area (Å²) in [6.07, 6.45) is 3.71. The minimum Gasteiger partial charge on any atom is -0.508 e. The van der Waals surface area contributed by atoms with Gasteiger partial charge >= 0.3 is 0 Å². The number of piperidine rings is 1. The molecule has 0 radical (unpaired) electrons. The Hall–Kier alpha value is -3.17. The molecule has 1 saturated heterocycles. The second-order valence-corrected chi connectivity index (χ2v) is 11.3. The number of rotatable bonds is 6. The van der Waals surface area contributed by atoms with E-state index in [4.69, 9.17) is 5.73 Å². The van der Waals surface area contributed by atoms with Crippen LogP contribution < -0.4 is 16.6 Å². The summed E-state index contributed by atoms with van der Waals surface area (Å²) in [5.41, 5.74) is 5.90. The molecule has 2 aliphatic carbocycles. The van der Waals surface area contributed by atoms with E-state index in [-0.39, 0.29) is 23.8 Å². The molecular formula is C28H36N4O5. The van der Waals surface area contributed by atoms with Gasteiger partial charge in [-0.15, -0.1) is 0 Å². The lowest BCUT2D eigenvalue weighted by Gasteiger charge is -2.60. The number of fused-ring (bicyclic) bond motifs is 2. The molecule has 0 bridgehead atoms. The van der Waals surface area contributed by atoms with E-state index in [2.05, 4.69) is 22.1 Å². The van der Waals surface area contributed by atoms with Gasteiger partial charge in [0.05, 0.1) is 5.60 Å². The van der Waals surface area contributed by atoms with Crippen LogP contribution in [0.3, 0.4) is 0 Å². The summed E-state index contributed by atoms with van der Waals surface area (Å²) in [5.74, 6) is -0.582. The summed E-state index contributed by atoms with van der Waals surface area (Å²) in [6.45, 7) is 7.25. The second-order valence-electron chi connectivity index (χ2n) is 11.3. The lowest BCUT2D eigenvalue weighted by Crippen LogP contribution is -2.71. The maximum atomic E-state index is 13.0. The number of benzene rings is 1. The van der Waals surface area contributed by atoms with E-state index in [0.717, 1.165) is 24.2 Å². The third-order valence-corrected chi connectivity index (χ3v) is 8.99. The van der Waals surface area contributed by atoms with Gasteiger partial charge < -0.3 is 26.2 Å². The van der Waals surface area contributed by atoms with E-state index in [1.165, 1.54) is 19.8 Å². The number of aromatic hydroxyl groups is 1. The smallest absolute Gasteiger partial charge is 0.261 e. The van der Waals surface area contributed by atoms with Gasteiger partial charge in [-0.2, -0.15) is 0 Å². The summed E-state index contributed by atoms with van der Waals surface area (Å²) in [6, 6.07) is 5.70. The number of aromatic amines is 1. The van der Waals surface area contributed by atoms with Crippen molar-refractivity contribution < 1.29 is 19.8 Å². The summed E-state index contributed by atoms with van der Waals surface area (Å²) < 4.78 is 0. The van der Waals surface area contributed by atoms with Gasteiger partial charge in [-0.05, 0) is 87.4 Å². The number of primary amides is 1. The van der Waals surface area contributed by atoms with E-state index >= 15 is 0 Å². The molecule has 1 aliphatic heterocycles. The van der Waals surface area contributed by atoms with Crippen LogP contribution in [0.4, 0.5) is 0 Å². The predicted molar refractivity (Wildman–Crippen MR) is 138 cm³/mol. The average molecular weight is 509 g/mol. The largest absolute Gasteiger partial charge is 0.508 e. The van der Waals surface area contributed by atoms with Gasteiger partial charge in [0.2, 0.25) is 5.91 Å². The minimum absolute atomic E-state index is 0.116. The molecule has 9 nitrogen and oxygen atoms in total. The van der Waals surface area contributed by atoms with Crippen LogP contribution in [0, 0.1) is 12.8 Å². The zero-order valence-electron chi connectivity index (χ0n) is 21.6. The van der Waals surface area contributed by atoms with Gasteiger partial charge in [-0.3, -0.25) is 19.3 Å². The average Bonchev–Trinajstić information content (AvgIpc) is 3.66. The zero-order valence-corrected chi connectivity index (χ0v) is 21.6. The van der Waals surface area contributed by atoms with Crippen molar-refractivity contribution in [2.45, 2.75) is 76.0 Å². The Morgan fingerprint density at radius 2 is 2.00 bits per heavy atom. The van der Waals surface area contributed by atoms with Gasteiger partial charge in [0.15, 0.2) is 0 Å². The molecular weight excluding hydrogens is 472 g/mol. The van der Waals surface area contributed by atoms with Crippen LogP contribution >= 0.6 is 0 Å². The summed E-state index contributed by atoms with van der Waals surface area (Å²) >= 11 is 0. The van der Waals surface area contributed by atoms with Crippen LogP contribution in [0.25, 0.3) is 0 Å². The SMILES string of the molecule is Cc1ccc(O)cc1C12CCN(CC3CC3)C(C)C1(O)Cc1cc(C(=O)NC(C)C(N)=O)c(=O)[nH]c1C2. The predicted octanol–water partition coefficient (Wildman–Crippen LogP) is 1.26. The molecule has 0 spiro atoms. The van der Waals surface area contributed by atoms with Crippen molar-refractivity contribution in [1.29, 1.82) is 0 Å². The fraction of sp³-hybridized carbons (Fsp3) is 0.536. The van der Waals surface area contributed by atoms with Crippen LogP contribution in [0.5, 0.6) is 5.75 Å². The molecule has 3 aliphatic rings. The normalized spacial score (nSPS) is 28.2. The highest BCUT2D eigenvalue weighted by Crippen LogP contribution is 2.54. The van der Waals surface area contributed by atoms with Gasteiger partial charge in [0, 0.05) is 36.5 Å². The Kier molecular flexibility index (Phi) is 6.19. The van der Waals surface area contributed by atoms with Crippen molar-refractivity contribution in [2.24, 2.45) is 11.7 Å². The molecule has 37 heavy (non-hydrogen) atoms. The van der Waals surface area contributed by atoms with E-state index in [9.17, 15) is 24.6 Å². The van der Waals surface area contributed by atoms with Crippen LogP contribution in [0.15, 0.2) is 29.1 Å². The Morgan fingerprint density at radius 1 is 1.27 bits per heavy atom. The Morgan fingerprint density at radius 3 is 2.68 bits per heavy atom. The summed E-state index contributed by atoms with van der Waals surface area (Å²) in [4.78, 5) is 42.5. The summed E-state index contributed by atoms with van der Waals surface area (Å²) in [7, 11) is 0. The molecule has 1 saturated carbocycles. The summed E-state index contributed by atoms with van der Waals surface area (Å²) in [5, 5.41) is 25.5. The lowest BCUT2D eigenvalue weighted by molar-refractivity contribution is -0.139. The van der Waals surface area contributed by atoms with Crippen molar-refractivity contribution in [2.75, 3.05) is 13.1 Å².